The van der Waals surface area contributed by atoms with Crippen molar-refractivity contribution in [1.29, 1.82) is 0 Å². The molecule has 3 amide bonds. The van der Waals surface area contributed by atoms with E-state index in [-0.39, 0.29) is 12.5 Å². The number of carbonyl (C=O) groups excluding carboxylic acids is 3. The van der Waals surface area contributed by atoms with E-state index < -0.39 is 11.8 Å². The minimum Gasteiger partial charge on any atom is -0.497 e. The van der Waals surface area contributed by atoms with Crippen molar-refractivity contribution >= 4 is 29.6 Å². The molecule has 2 N–H and O–H groups in total. The highest BCUT2D eigenvalue weighted by Gasteiger charge is 2.18. The summed E-state index contributed by atoms with van der Waals surface area (Å²) in [6.45, 7) is 1.99. The lowest BCUT2D eigenvalue weighted by molar-refractivity contribution is -0.137. The largest absolute Gasteiger partial charge is 0.497 e. The Balaban J connectivity index is 1.52. The van der Waals surface area contributed by atoms with Gasteiger partial charge in [0, 0.05) is 24.8 Å². The van der Waals surface area contributed by atoms with Crippen LogP contribution in [0.5, 0.6) is 17.2 Å². The molecule has 0 radical (unpaired) electrons. The van der Waals surface area contributed by atoms with Crippen LogP contribution in [0.25, 0.3) is 0 Å². The normalized spacial score (nSPS) is 13.3. The van der Waals surface area contributed by atoms with Crippen molar-refractivity contribution in [2.45, 2.75) is 0 Å². The van der Waals surface area contributed by atoms with Gasteiger partial charge in [-0.1, -0.05) is 6.07 Å². The third-order valence-electron chi connectivity index (χ3n) is 4.82. The molecule has 11 heteroatoms. The van der Waals surface area contributed by atoms with Gasteiger partial charge in [0.25, 0.3) is 5.91 Å². The summed E-state index contributed by atoms with van der Waals surface area (Å²) in [5.74, 6) is -0.623. The second kappa shape index (κ2) is 12.2. The Hall–Kier alpha value is -4.12. The summed E-state index contributed by atoms with van der Waals surface area (Å²) in [5.41, 5.74) is 3.16. The van der Waals surface area contributed by atoms with E-state index in [9.17, 15) is 14.4 Å². The van der Waals surface area contributed by atoms with Crippen molar-refractivity contribution in [1.82, 2.24) is 10.3 Å². The molecule has 1 heterocycles. The average molecular weight is 470 g/mol. The summed E-state index contributed by atoms with van der Waals surface area (Å²) in [4.78, 5) is 38.0. The van der Waals surface area contributed by atoms with Gasteiger partial charge in [-0.05, 0) is 35.9 Å². The number of anilines is 1. The molecule has 1 saturated heterocycles. The molecule has 1 aliphatic rings. The van der Waals surface area contributed by atoms with Crippen molar-refractivity contribution in [3.8, 4) is 17.2 Å². The van der Waals surface area contributed by atoms with Crippen LogP contribution >= 0.6 is 0 Å². The molecule has 0 bridgehead atoms. The molecule has 0 aromatic heterocycles. The molecule has 180 valence electrons. The first-order chi connectivity index (χ1) is 16.5. The topological polar surface area (TPSA) is 128 Å². The first kappa shape index (κ1) is 24.5. The molecule has 0 aliphatic carbocycles. The Morgan fingerprint density at radius 3 is 2.56 bits per heavy atom. The first-order valence-corrected chi connectivity index (χ1v) is 10.4. The molecule has 1 fully saturated rings. The summed E-state index contributed by atoms with van der Waals surface area (Å²) in [5, 5.41) is 6.26. The third kappa shape index (κ3) is 6.94. The second-order valence-electron chi connectivity index (χ2n) is 7.08. The highest BCUT2D eigenvalue weighted by atomic mass is 16.5. The number of rotatable bonds is 8. The van der Waals surface area contributed by atoms with Crippen molar-refractivity contribution in [2.24, 2.45) is 5.10 Å². The van der Waals surface area contributed by atoms with E-state index in [0.717, 1.165) is 0 Å². The van der Waals surface area contributed by atoms with E-state index in [1.54, 1.807) is 47.4 Å². The van der Waals surface area contributed by atoms with E-state index in [0.29, 0.717) is 54.8 Å². The summed E-state index contributed by atoms with van der Waals surface area (Å²) < 4.78 is 21.2. The zero-order valence-electron chi connectivity index (χ0n) is 18.9. The van der Waals surface area contributed by atoms with Crippen LogP contribution in [0.2, 0.25) is 0 Å². The van der Waals surface area contributed by atoms with Crippen LogP contribution in [-0.4, -0.2) is 76.0 Å². The van der Waals surface area contributed by atoms with Gasteiger partial charge in [-0.15, -0.1) is 0 Å². The molecule has 2 aromatic carbocycles. The number of hydrazone groups is 1. The molecule has 34 heavy (non-hydrogen) atoms. The first-order valence-electron chi connectivity index (χ1n) is 10.4. The van der Waals surface area contributed by atoms with E-state index in [1.165, 1.54) is 20.4 Å². The zero-order valence-corrected chi connectivity index (χ0v) is 18.9. The van der Waals surface area contributed by atoms with Crippen LogP contribution in [0.3, 0.4) is 0 Å². The number of amides is 3. The Morgan fingerprint density at radius 2 is 1.82 bits per heavy atom. The van der Waals surface area contributed by atoms with E-state index in [1.807, 2.05) is 0 Å². The number of morpholine rings is 1. The number of ether oxygens (including phenoxy) is 4. The van der Waals surface area contributed by atoms with Gasteiger partial charge >= 0.3 is 11.8 Å². The summed E-state index contributed by atoms with van der Waals surface area (Å²) in [6, 6.07) is 11.5. The number of nitrogens with one attached hydrogen (secondary N) is 2. The molecular weight excluding hydrogens is 444 g/mol. The fraction of sp³-hybridized carbons (Fsp3) is 0.304. The molecule has 2 aromatic rings. The molecule has 0 atom stereocenters. The number of nitrogens with zero attached hydrogens (tertiary/aromatic N) is 2. The number of methoxy groups -OCH3 is 2. The van der Waals surface area contributed by atoms with Crippen molar-refractivity contribution in [3.05, 3.63) is 48.0 Å². The van der Waals surface area contributed by atoms with Crippen LogP contribution in [0.15, 0.2) is 47.6 Å². The van der Waals surface area contributed by atoms with Gasteiger partial charge in [0.05, 0.1) is 33.6 Å². The predicted octanol–water partition coefficient (Wildman–Crippen LogP) is 1.03. The molecule has 11 nitrogen and oxygen atoms in total. The molecule has 0 unspecified atom stereocenters. The Kier molecular flexibility index (Phi) is 8.81. The van der Waals surface area contributed by atoms with Crippen molar-refractivity contribution in [3.63, 3.8) is 0 Å². The van der Waals surface area contributed by atoms with E-state index in [4.69, 9.17) is 18.9 Å². The Labute approximate surface area is 196 Å². The van der Waals surface area contributed by atoms with Crippen LogP contribution in [0.4, 0.5) is 5.69 Å². The van der Waals surface area contributed by atoms with Crippen molar-refractivity contribution in [2.75, 3.05) is 52.4 Å². The number of carbonyl (C=O) groups is 3. The maximum absolute atomic E-state index is 12.2. The van der Waals surface area contributed by atoms with Gasteiger partial charge in [0.1, 0.15) is 5.75 Å². The number of hydrogen-bond donors (Lipinski definition) is 2. The van der Waals surface area contributed by atoms with Crippen LogP contribution < -0.4 is 25.0 Å². The van der Waals surface area contributed by atoms with Gasteiger partial charge in [0.15, 0.2) is 18.1 Å². The maximum atomic E-state index is 12.2. The monoisotopic (exact) mass is 470 g/mol. The Morgan fingerprint density at radius 1 is 1.03 bits per heavy atom. The van der Waals surface area contributed by atoms with Crippen LogP contribution in [-0.2, 0) is 19.1 Å². The van der Waals surface area contributed by atoms with Gasteiger partial charge < -0.3 is 29.2 Å². The van der Waals surface area contributed by atoms with Gasteiger partial charge in [-0.25, -0.2) is 5.43 Å². The van der Waals surface area contributed by atoms with Crippen LogP contribution in [0, 0.1) is 0 Å². The average Bonchev–Trinajstić information content (AvgIpc) is 2.88. The van der Waals surface area contributed by atoms with Crippen molar-refractivity contribution < 1.29 is 33.3 Å². The third-order valence-corrected chi connectivity index (χ3v) is 4.82. The molecular formula is C23H26N4O7. The van der Waals surface area contributed by atoms with E-state index >= 15 is 0 Å². The van der Waals surface area contributed by atoms with Gasteiger partial charge in [0.2, 0.25) is 0 Å². The fourth-order valence-corrected chi connectivity index (χ4v) is 3.03. The van der Waals surface area contributed by atoms with Gasteiger partial charge in [-0.3, -0.25) is 14.4 Å². The number of hydrogen-bond acceptors (Lipinski definition) is 8. The SMILES string of the molecule is COc1cccc(NC(=O)C(=O)N/N=C\c2ccc(OCC(=O)N3CCOCC3)c(OC)c2)c1. The summed E-state index contributed by atoms with van der Waals surface area (Å²) in [6.07, 6.45) is 1.35. The Bertz CT molecular complexity index is 1050. The van der Waals surface area contributed by atoms with E-state index in [2.05, 4.69) is 15.8 Å². The molecule has 0 spiro atoms. The highest BCUT2D eigenvalue weighted by molar-refractivity contribution is 6.39. The standard InChI is InChI=1S/C23H26N4O7/c1-31-18-5-3-4-17(13-18)25-22(29)23(30)26-24-14-16-6-7-19(20(12-16)32-2)34-15-21(28)27-8-10-33-11-9-27/h3-7,12-14H,8-11,15H2,1-2H3,(H,25,29)(H,26,30)/b24-14-. The molecule has 1 aliphatic heterocycles. The fourth-order valence-electron chi connectivity index (χ4n) is 3.03. The summed E-state index contributed by atoms with van der Waals surface area (Å²) >= 11 is 0. The minimum atomic E-state index is -0.937. The second-order valence-corrected chi connectivity index (χ2v) is 7.08. The molecule has 3 rings (SSSR count). The summed E-state index contributed by atoms with van der Waals surface area (Å²) in [7, 11) is 2.97. The quantitative estimate of drug-likeness (QED) is 0.335. The lowest BCUT2D eigenvalue weighted by atomic mass is 10.2. The smallest absolute Gasteiger partial charge is 0.329 e. The highest BCUT2D eigenvalue weighted by Crippen LogP contribution is 2.27. The molecule has 0 saturated carbocycles. The lowest BCUT2D eigenvalue weighted by Crippen LogP contribution is -2.43. The lowest BCUT2D eigenvalue weighted by Gasteiger charge is -2.26. The number of benzene rings is 2. The maximum Gasteiger partial charge on any atom is 0.329 e. The van der Waals surface area contributed by atoms with Gasteiger partial charge in [-0.2, -0.15) is 5.10 Å². The van der Waals surface area contributed by atoms with Crippen LogP contribution in [0.1, 0.15) is 5.56 Å². The minimum absolute atomic E-state index is 0.123. The predicted molar refractivity (Wildman–Crippen MR) is 123 cm³/mol. The zero-order chi connectivity index (χ0) is 24.3.